The highest BCUT2D eigenvalue weighted by atomic mass is 15.1. The van der Waals surface area contributed by atoms with Gasteiger partial charge in [-0.1, -0.05) is 105 Å². The molecule has 0 bridgehead atoms. The van der Waals surface area contributed by atoms with Gasteiger partial charge in [0.15, 0.2) is 0 Å². The summed E-state index contributed by atoms with van der Waals surface area (Å²) in [6.07, 6.45) is 0. The minimum Gasteiger partial charge on any atom is -0.376 e. The lowest BCUT2D eigenvalue weighted by atomic mass is 9.43. The molecule has 0 saturated heterocycles. The molecule has 6 aromatic carbocycles. The number of para-hydroxylation sites is 3. The van der Waals surface area contributed by atoms with Crippen LogP contribution in [-0.2, 0) is 5.41 Å². The van der Waals surface area contributed by atoms with Gasteiger partial charge in [-0.05, 0) is 81.6 Å². The van der Waals surface area contributed by atoms with E-state index in [0.29, 0.717) is 0 Å². The van der Waals surface area contributed by atoms with Crippen LogP contribution >= 0.6 is 0 Å². The highest BCUT2D eigenvalue weighted by molar-refractivity contribution is 6.93. The largest absolute Gasteiger partial charge is 0.376 e. The van der Waals surface area contributed by atoms with E-state index in [-0.39, 0.29) is 12.3 Å². The molecule has 0 radical (unpaired) electrons. The van der Waals surface area contributed by atoms with Gasteiger partial charge in [0.05, 0.1) is 11.0 Å². The third kappa shape index (κ3) is 2.72. The quantitative estimate of drug-likeness (QED) is 0.187. The molecule has 3 aliphatic rings. The first-order valence-electron chi connectivity index (χ1n) is 15.3. The zero-order chi connectivity index (χ0) is 28.6. The Morgan fingerprint density at radius 3 is 2.28 bits per heavy atom. The standard InChI is InChI=1S/C40H29BN2/c1-24-23-29-36-34(22-21-27-26-15-7-9-17-30(26)40(2,3)37(27)36)43(25-13-5-4-6-14-25)41-31-18-10-12-20-33(31)42-32-19-11-8-16-28(32)35(24)39(42)38(29)41/h4-23H,1-3H3. The predicted molar refractivity (Wildman–Crippen MR) is 182 cm³/mol. The summed E-state index contributed by atoms with van der Waals surface area (Å²) in [5.74, 6) is 0. The maximum atomic E-state index is 2.63. The number of hydrogen-bond donors (Lipinski definition) is 0. The molecule has 2 nitrogen and oxygen atoms in total. The van der Waals surface area contributed by atoms with Gasteiger partial charge in [0.2, 0.25) is 0 Å². The zero-order valence-corrected chi connectivity index (χ0v) is 24.5. The molecule has 3 heteroatoms. The smallest absolute Gasteiger partial charge is 0.333 e. The van der Waals surface area contributed by atoms with Crippen LogP contribution in [0.2, 0.25) is 0 Å². The number of fused-ring (bicyclic) bond motifs is 12. The molecule has 43 heavy (non-hydrogen) atoms. The summed E-state index contributed by atoms with van der Waals surface area (Å²) < 4.78 is 2.56. The van der Waals surface area contributed by atoms with Crippen molar-refractivity contribution < 1.29 is 0 Å². The van der Waals surface area contributed by atoms with Crippen molar-refractivity contribution in [2.24, 2.45) is 0 Å². The minimum absolute atomic E-state index is 0.0611. The van der Waals surface area contributed by atoms with Gasteiger partial charge in [-0.2, -0.15) is 0 Å². The van der Waals surface area contributed by atoms with Crippen LogP contribution in [-0.4, -0.2) is 11.4 Å². The molecule has 2 aliphatic heterocycles. The fourth-order valence-electron chi connectivity index (χ4n) is 8.82. The van der Waals surface area contributed by atoms with Crippen molar-refractivity contribution in [3.8, 4) is 27.9 Å². The number of nitrogens with zero attached hydrogens (tertiary/aromatic N) is 2. The van der Waals surface area contributed by atoms with Gasteiger partial charge in [0.25, 0.3) is 0 Å². The summed E-state index contributed by atoms with van der Waals surface area (Å²) in [4.78, 5) is 2.63. The fourth-order valence-corrected chi connectivity index (χ4v) is 8.82. The van der Waals surface area contributed by atoms with E-state index in [1.807, 2.05) is 0 Å². The average molecular weight is 548 g/mol. The first-order chi connectivity index (χ1) is 21.1. The molecule has 10 rings (SSSR count). The number of aromatic nitrogens is 1. The number of hydrogen-bond acceptors (Lipinski definition) is 1. The van der Waals surface area contributed by atoms with Gasteiger partial charge in [-0.25, -0.2) is 0 Å². The van der Waals surface area contributed by atoms with Crippen LogP contribution in [0.1, 0.15) is 30.5 Å². The van der Waals surface area contributed by atoms with Crippen molar-refractivity contribution in [1.82, 2.24) is 4.57 Å². The fraction of sp³-hybridized carbons (Fsp3) is 0.100. The van der Waals surface area contributed by atoms with Crippen LogP contribution in [0.15, 0.2) is 121 Å². The molecule has 0 spiro atoms. The van der Waals surface area contributed by atoms with Crippen LogP contribution in [0.5, 0.6) is 0 Å². The van der Waals surface area contributed by atoms with Crippen molar-refractivity contribution in [2.45, 2.75) is 26.2 Å². The molecule has 7 aromatic rings. The number of aryl methyl sites for hydroxylation is 1. The summed E-state index contributed by atoms with van der Waals surface area (Å²) in [7, 11) is 0. The van der Waals surface area contributed by atoms with Gasteiger partial charge in [-0.15, -0.1) is 0 Å². The van der Waals surface area contributed by atoms with Gasteiger partial charge in [0.1, 0.15) is 0 Å². The zero-order valence-electron chi connectivity index (χ0n) is 24.5. The van der Waals surface area contributed by atoms with Crippen molar-refractivity contribution >= 4 is 51.0 Å². The Morgan fingerprint density at radius 2 is 1.40 bits per heavy atom. The number of rotatable bonds is 1. The highest BCUT2D eigenvalue weighted by Gasteiger charge is 2.47. The Balaban J connectivity index is 1.45. The van der Waals surface area contributed by atoms with Crippen molar-refractivity contribution in [2.75, 3.05) is 4.81 Å². The minimum atomic E-state index is -0.124. The summed E-state index contributed by atoms with van der Waals surface area (Å²) in [5, 5.41) is 2.71. The Kier molecular flexibility index (Phi) is 4.31. The summed E-state index contributed by atoms with van der Waals surface area (Å²) in [6.45, 7) is 7.21. The van der Waals surface area contributed by atoms with Gasteiger partial charge < -0.3 is 9.38 Å². The Labute approximate surface area is 251 Å². The molecule has 0 amide bonds. The normalized spacial score (nSPS) is 15.0. The maximum absolute atomic E-state index is 2.63. The van der Waals surface area contributed by atoms with Gasteiger partial charge in [-0.3, -0.25) is 0 Å². The maximum Gasteiger partial charge on any atom is 0.333 e. The first kappa shape index (κ1) is 23.5. The predicted octanol–water partition coefficient (Wildman–Crippen LogP) is 8.64. The molecule has 1 aliphatic carbocycles. The van der Waals surface area contributed by atoms with E-state index in [0.717, 1.165) is 0 Å². The summed E-state index contributed by atoms with van der Waals surface area (Å²) >= 11 is 0. The molecule has 0 N–H and O–H groups in total. The van der Waals surface area contributed by atoms with Gasteiger partial charge in [0, 0.05) is 38.8 Å². The van der Waals surface area contributed by atoms with E-state index >= 15 is 0 Å². The van der Waals surface area contributed by atoms with E-state index in [4.69, 9.17) is 0 Å². The van der Waals surface area contributed by atoms with E-state index in [2.05, 4.69) is 151 Å². The van der Waals surface area contributed by atoms with Crippen molar-refractivity contribution in [3.05, 3.63) is 138 Å². The van der Waals surface area contributed by atoms with E-state index in [9.17, 15) is 0 Å². The van der Waals surface area contributed by atoms with Crippen LogP contribution in [0, 0.1) is 6.92 Å². The van der Waals surface area contributed by atoms with Crippen LogP contribution in [0.25, 0.3) is 49.7 Å². The Morgan fingerprint density at radius 1 is 0.651 bits per heavy atom. The van der Waals surface area contributed by atoms with E-state index < -0.39 is 0 Å². The Hall–Kier alpha value is -5.02. The average Bonchev–Trinajstić information content (AvgIpc) is 3.51. The lowest BCUT2D eigenvalue weighted by Gasteiger charge is -2.43. The third-order valence-electron chi connectivity index (χ3n) is 10.4. The third-order valence-corrected chi connectivity index (χ3v) is 10.4. The first-order valence-corrected chi connectivity index (χ1v) is 15.3. The van der Waals surface area contributed by atoms with Gasteiger partial charge >= 0.3 is 6.85 Å². The SMILES string of the molecule is Cc1cc2c3c4c1c1ccccc1n4-c1ccccc1B3N(c1ccccc1)c1ccc3c(c1-2)C(C)(C)c1ccccc1-3. The molecule has 0 saturated carbocycles. The monoisotopic (exact) mass is 548 g/mol. The van der Waals surface area contributed by atoms with Crippen molar-refractivity contribution in [3.63, 3.8) is 0 Å². The summed E-state index contributed by atoms with van der Waals surface area (Å²) in [6, 6.07) is 45.4. The second-order valence-electron chi connectivity index (χ2n) is 13.0. The second-order valence-corrected chi connectivity index (χ2v) is 13.0. The molecule has 1 aromatic heterocycles. The van der Waals surface area contributed by atoms with E-state index in [1.165, 1.54) is 88.7 Å². The number of benzene rings is 6. The van der Waals surface area contributed by atoms with Crippen LogP contribution in [0.4, 0.5) is 11.4 Å². The molecular weight excluding hydrogens is 519 g/mol. The second kappa shape index (κ2) is 7.87. The van der Waals surface area contributed by atoms with E-state index in [1.54, 1.807) is 0 Å². The molecule has 0 atom stereocenters. The van der Waals surface area contributed by atoms with Crippen LogP contribution < -0.4 is 15.7 Å². The van der Waals surface area contributed by atoms with Crippen molar-refractivity contribution in [1.29, 1.82) is 0 Å². The molecular formula is C40H29BN2. The molecule has 3 heterocycles. The topological polar surface area (TPSA) is 8.17 Å². The highest BCUT2D eigenvalue weighted by Crippen LogP contribution is 2.57. The number of anilines is 2. The Bertz CT molecular complexity index is 2340. The molecule has 202 valence electrons. The van der Waals surface area contributed by atoms with Crippen LogP contribution in [0.3, 0.4) is 0 Å². The molecule has 0 fully saturated rings. The lowest BCUT2D eigenvalue weighted by molar-refractivity contribution is 0.662. The lowest BCUT2D eigenvalue weighted by Crippen LogP contribution is -2.60. The molecule has 0 unspecified atom stereocenters. The summed E-state index contributed by atoms with van der Waals surface area (Å²) in [5.41, 5.74) is 18.8.